The van der Waals surface area contributed by atoms with E-state index in [2.05, 4.69) is 29.2 Å². The van der Waals surface area contributed by atoms with Crippen LogP contribution in [0.1, 0.15) is 53.6 Å². The third-order valence-corrected chi connectivity index (χ3v) is 4.35. The molecule has 1 aliphatic rings. The normalized spacial score (nSPS) is 19.5. The number of aromatic nitrogens is 3. The molecular weight excluding hydrogens is 276 g/mol. The van der Waals surface area contributed by atoms with Crippen LogP contribution in [0, 0.1) is 12.3 Å². The van der Waals surface area contributed by atoms with Crippen LogP contribution in [-0.4, -0.2) is 20.7 Å². The monoisotopic (exact) mass is 298 g/mol. The molecule has 0 fully saturated rings. The van der Waals surface area contributed by atoms with Crippen LogP contribution in [0.25, 0.3) is 0 Å². The summed E-state index contributed by atoms with van der Waals surface area (Å²) in [6, 6.07) is 3.67. The Morgan fingerprint density at radius 3 is 2.82 bits per heavy atom. The smallest absolute Gasteiger partial charge is 0.253 e. The Morgan fingerprint density at radius 1 is 1.36 bits per heavy atom. The summed E-state index contributed by atoms with van der Waals surface area (Å²) in [5, 5.41) is 7.51. The molecule has 1 atom stereocenters. The molecule has 0 aliphatic heterocycles. The van der Waals surface area contributed by atoms with Gasteiger partial charge in [0, 0.05) is 30.2 Å². The van der Waals surface area contributed by atoms with Crippen molar-refractivity contribution in [1.82, 2.24) is 20.1 Å². The Morgan fingerprint density at radius 2 is 2.14 bits per heavy atom. The van der Waals surface area contributed by atoms with Gasteiger partial charge in [0.25, 0.3) is 5.91 Å². The quantitative estimate of drug-likeness (QED) is 0.927. The fraction of sp³-hybridized carbons (Fsp3) is 0.471. The zero-order chi connectivity index (χ0) is 15.9. The second-order valence-electron chi connectivity index (χ2n) is 6.93. The summed E-state index contributed by atoms with van der Waals surface area (Å²) < 4.78 is 1.92. The summed E-state index contributed by atoms with van der Waals surface area (Å²) in [6.07, 6.45) is 5.40. The fourth-order valence-electron chi connectivity index (χ4n) is 3.15. The van der Waals surface area contributed by atoms with Crippen LogP contribution in [0.4, 0.5) is 0 Å². The first kappa shape index (κ1) is 14.8. The van der Waals surface area contributed by atoms with Crippen LogP contribution < -0.4 is 5.32 Å². The summed E-state index contributed by atoms with van der Waals surface area (Å²) in [5.41, 5.74) is 3.99. The number of hydrogen-bond donors (Lipinski definition) is 1. The molecule has 0 radical (unpaired) electrons. The van der Waals surface area contributed by atoms with Crippen molar-refractivity contribution < 1.29 is 4.79 Å². The van der Waals surface area contributed by atoms with Crippen LogP contribution in [0.5, 0.6) is 0 Å². The van der Waals surface area contributed by atoms with Crippen molar-refractivity contribution in [2.45, 2.75) is 39.7 Å². The number of carbonyl (C=O) groups excluding carboxylic acids is 1. The molecule has 5 nitrogen and oxygen atoms in total. The predicted octanol–water partition coefficient (Wildman–Crippen LogP) is 2.57. The molecule has 3 rings (SSSR count). The van der Waals surface area contributed by atoms with Crippen LogP contribution >= 0.6 is 0 Å². The first-order valence-electron chi connectivity index (χ1n) is 7.60. The lowest BCUT2D eigenvalue weighted by Crippen LogP contribution is -2.36. The van der Waals surface area contributed by atoms with E-state index in [0.29, 0.717) is 5.56 Å². The van der Waals surface area contributed by atoms with Crippen LogP contribution in [0.3, 0.4) is 0 Å². The molecule has 0 aromatic carbocycles. The minimum Gasteiger partial charge on any atom is -0.345 e. The van der Waals surface area contributed by atoms with Gasteiger partial charge in [-0.3, -0.25) is 14.5 Å². The summed E-state index contributed by atoms with van der Waals surface area (Å²) in [4.78, 5) is 16.7. The Labute approximate surface area is 130 Å². The highest BCUT2D eigenvalue weighted by Gasteiger charge is 2.35. The van der Waals surface area contributed by atoms with E-state index >= 15 is 0 Å². The summed E-state index contributed by atoms with van der Waals surface area (Å²) in [7, 11) is 1.96. The van der Waals surface area contributed by atoms with Gasteiger partial charge in [-0.15, -0.1) is 0 Å². The number of amides is 1. The van der Waals surface area contributed by atoms with Crippen molar-refractivity contribution in [3.05, 3.63) is 47.0 Å². The number of nitrogens with zero attached hydrogens (tertiary/aromatic N) is 3. The SMILES string of the molecule is Cc1ccc(C(=O)NC2CC(C)(C)Cc3c2cnn3C)cn1. The third-order valence-electron chi connectivity index (χ3n) is 4.35. The van der Waals surface area contributed by atoms with Gasteiger partial charge in [0.2, 0.25) is 0 Å². The Hall–Kier alpha value is -2.17. The number of rotatable bonds is 2. The summed E-state index contributed by atoms with van der Waals surface area (Å²) in [5.74, 6) is -0.0787. The molecule has 1 unspecified atom stereocenters. The first-order chi connectivity index (χ1) is 10.4. The van der Waals surface area contributed by atoms with E-state index in [0.717, 1.165) is 24.1 Å². The number of carbonyl (C=O) groups is 1. The van der Waals surface area contributed by atoms with Gasteiger partial charge in [-0.25, -0.2) is 0 Å². The van der Waals surface area contributed by atoms with E-state index in [1.54, 1.807) is 6.20 Å². The molecular formula is C17H22N4O. The number of hydrogen-bond acceptors (Lipinski definition) is 3. The van der Waals surface area contributed by atoms with Crippen molar-refractivity contribution in [2.24, 2.45) is 12.5 Å². The predicted molar refractivity (Wildman–Crippen MR) is 84.5 cm³/mol. The van der Waals surface area contributed by atoms with E-state index in [-0.39, 0.29) is 17.4 Å². The highest BCUT2D eigenvalue weighted by atomic mass is 16.1. The maximum Gasteiger partial charge on any atom is 0.253 e. The Bertz CT molecular complexity index is 700. The summed E-state index contributed by atoms with van der Waals surface area (Å²) in [6.45, 7) is 6.37. The molecule has 0 saturated carbocycles. The largest absolute Gasteiger partial charge is 0.345 e. The molecule has 2 aromatic heterocycles. The van der Waals surface area contributed by atoms with Gasteiger partial charge in [-0.05, 0) is 37.3 Å². The lowest BCUT2D eigenvalue weighted by molar-refractivity contribution is 0.0918. The molecule has 0 spiro atoms. The van der Waals surface area contributed by atoms with Crippen molar-refractivity contribution >= 4 is 5.91 Å². The van der Waals surface area contributed by atoms with E-state index in [4.69, 9.17) is 0 Å². The van der Waals surface area contributed by atoms with Gasteiger partial charge in [-0.1, -0.05) is 13.8 Å². The average Bonchev–Trinajstić information content (AvgIpc) is 2.80. The van der Waals surface area contributed by atoms with Gasteiger partial charge < -0.3 is 5.32 Å². The number of nitrogens with one attached hydrogen (secondary N) is 1. The maximum atomic E-state index is 12.5. The number of fused-ring (bicyclic) bond motifs is 1. The van der Waals surface area contributed by atoms with Crippen molar-refractivity contribution in [2.75, 3.05) is 0 Å². The molecule has 0 bridgehead atoms. The van der Waals surface area contributed by atoms with E-state index in [1.165, 1.54) is 5.69 Å². The fourth-order valence-corrected chi connectivity index (χ4v) is 3.15. The third kappa shape index (κ3) is 2.75. The molecule has 1 amide bonds. The van der Waals surface area contributed by atoms with E-state index in [9.17, 15) is 4.79 Å². The minimum atomic E-state index is -0.0787. The lowest BCUT2D eigenvalue weighted by atomic mass is 9.74. The van der Waals surface area contributed by atoms with Crippen molar-refractivity contribution in [1.29, 1.82) is 0 Å². The Kier molecular flexibility index (Phi) is 3.51. The van der Waals surface area contributed by atoms with Crippen molar-refractivity contribution in [3.63, 3.8) is 0 Å². The number of pyridine rings is 1. The zero-order valence-electron chi connectivity index (χ0n) is 13.6. The van der Waals surface area contributed by atoms with Crippen LogP contribution in [-0.2, 0) is 13.5 Å². The van der Waals surface area contributed by atoms with Gasteiger partial charge in [0.15, 0.2) is 0 Å². The molecule has 2 heterocycles. The first-order valence-corrected chi connectivity index (χ1v) is 7.60. The van der Waals surface area contributed by atoms with E-state index in [1.807, 2.05) is 37.0 Å². The highest BCUT2D eigenvalue weighted by Crippen LogP contribution is 2.40. The standard InChI is InChI=1S/C17H22N4O/c1-11-5-6-12(9-18-11)16(22)20-14-7-17(2,3)8-15-13(14)10-19-21(15)4/h5-6,9-10,14H,7-8H2,1-4H3,(H,20,22). The van der Waals surface area contributed by atoms with Gasteiger partial charge in [0.1, 0.15) is 0 Å². The molecule has 1 N–H and O–H groups in total. The molecule has 1 aliphatic carbocycles. The lowest BCUT2D eigenvalue weighted by Gasteiger charge is -2.35. The molecule has 116 valence electrons. The van der Waals surface area contributed by atoms with Crippen LogP contribution in [0.2, 0.25) is 0 Å². The maximum absolute atomic E-state index is 12.5. The second-order valence-corrected chi connectivity index (χ2v) is 6.93. The Balaban J connectivity index is 1.85. The zero-order valence-corrected chi connectivity index (χ0v) is 13.6. The average molecular weight is 298 g/mol. The molecule has 2 aromatic rings. The minimum absolute atomic E-state index is 0.00116. The van der Waals surface area contributed by atoms with Gasteiger partial charge in [-0.2, -0.15) is 5.10 Å². The topological polar surface area (TPSA) is 59.8 Å². The van der Waals surface area contributed by atoms with E-state index < -0.39 is 0 Å². The summed E-state index contributed by atoms with van der Waals surface area (Å²) >= 11 is 0. The highest BCUT2D eigenvalue weighted by molar-refractivity contribution is 5.94. The second kappa shape index (κ2) is 5.23. The molecule has 0 saturated heterocycles. The molecule has 22 heavy (non-hydrogen) atoms. The molecule has 5 heteroatoms. The van der Waals surface area contributed by atoms with Crippen LogP contribution in [0.15, 0.2) is 24.5 Å². The van der Waals surface area contributed by atoms with Crippen molar-refractivity contribution in [3.8, 4) is 0 Å². The van der Waals surface area contributed by atoms with Gasteiger partial charge in [0.05, 0.1) is 17.8 Å². The number of aryl methyl sites for hydroxylation is 2. The van der Waals surface area contributed by atoms with Gasteiger partial charge >= 0.3 is 0 Å².